The van der Waals surface area contributed by atoms with Crippen LogP contribution in [-0.2, 0) is 0 Å². The second kappa shape index (κ2) is 21.1. The Labute approximate surface area is 405 Å². The molecular formula is C61H60N8. The molecule has 4 atom stereocenters. The fourth-order valence-corrected chi connectivity index (χ4v) is 9.33. The Kier molecular flexibility index (Phi) is 14.0. The summed E-state index contributed by atoms with van der Waals surface area (Å²) in [6.45, 7) is 7.83. The lowest BCUT2D eigenvalue weighted by molar-refractivity contribution is 0.376. The van der Waals surface area contributed by atoms with Gasteiger partial charge >= 0.3 is 0 Å². The summed E-state index contributed by atoms with van der Waals surface area (Å²) in [7, 11) is 0. The normalized spacial score (nSPS) is 18.2. The Bertz CT molecular complexity index is 3360. The minimum atomic E-state index is -0.208. The molecule has 9 N–H and O–H groups in total. The molecule has 8 aromatic rings. The number of rotatable bonds is 12. The number of para-hydroxylation sites is 2. The molecule has 6 aromatic carbocycles. The summed E-state index contributed by atoms with van der Waals surface area (Å²) in [6.07, 6.45) is 25.3. The maximum absolute atomic E-state index is 6.83. The lowest BCUT2D eigenvalue weighted by atomic mass is 9.98. The van der Waals surface area contributed by atoms with Gasteiger partial charge in [-0.2, -0.15) is 0 Å². The molecule has 0 amide bonds. The predicted octanol–water partition coefficient (Wildman–Crippen LogP) is 12.5. The summed E-state index contributed by atoms with van der Waals surface area (Å²) in [4.78, 5) is 0. The van der Waals surface area contributed by atoms with Crippen LogP contribution in [0.3, 0.4) is 0 Å². The number of aromatic nitrogens is 2. The summed E-state index contributed by atoms with van der Waals surface area (Å²) in [5.41, 5.74) is 29.5. The van der Waals surface area contributed by atoms with E-state index in [4.69, 9.17) is 17.2 Å². The number of dihydropyridines is 1. The minimum absolute atomic E-state index is 0.0434. The molecule has 0 saturated heterocycles. The zero-order chi connectivity index (χ0) is 47.7. The van der Waals surface area contributed by atoms with Crippen LogP contribution in [0.15, 0.2) is 242 Å². The molecule has 0 aliphatic carbocycles. The molecule has 0 fully saturated rings. The first kappa shape index (κ1) is 45.8. The zero-order valence-electron chi connectivity index (χ0n) is 39.2. The van der Waals surface area contributed by atoms with E-state index >= 15 is 0 Å². The van der Waals surface area contributed by atoms with Crippen LogP contribution in [0.1, 0.15) is 49.0 Å². The Morgan fingerprint density at radius 2 is 1.41 bits per heavy atom. The number of benzene rings is 6. The van der Waals surface area contributed by atoms with E-state index in [0.29, 0.717) is 11.5 Å². The topological polar surface area (TPSA) is 124 Å². The molecule has 2 aliphatic rings. The first-order valence-electron chi connectivity index (χ1n) is 23.7. The number of hydrogen-bond acceptors (Lipinski definition) is 6. The van der Waals surface area contributed by atoms with Crippen LogP contribution in [0.25, 0.3) is 61.0 Å². The molecule has 4 heterocycles. The zero-order valence-corrected chi connectivity index (χ0v) is 39.2. The van der Waals surface area contributed by atoms with Crippen LogP contribution in [0.5, 0.6) is 0 Å². The number of hydrogen-bond donors (Lipinski definition) is 6. The molecule has 8 heteroatoms. The third-order valence-electron chi connectivity index (χ3n) is 12.7. The molecule has 2 aromatic heterocycles. The van der Waals surface area contributed by atoms with Crippen molar-refractivity contribution in [2.45, 2.75) is 44.6 Å². The first-order chi connectivity index (χ1) is 33.9. The lowest BCUT2D eigenvalue weighted by Gasteiger charge is -2.38. The molecular weight excluding hydrogens is 845 g/mol. The van der Waals surface area contributed by atoms with Crippen molar-refractivity contribution in [1.29, 1.82) is 0 Å². The van der Waals surface area contributed by atoms with Gasteiger partial charge in [0.15, 0.2) is 0 Å². The molecule has 0 saturated carbocycles. The Morgan fingerprint density at radius 3 is 2.13 bits per heavy atom. The molecule has 0 spiro atoms. The highest BCUT2D eigenvalue weighted by atomic mass is 15.2. The molecule has 0 bridgehead atoms. The third kappa shape index (κ3) is 9.63. The molecule has 10 rings (SSSR count). The Morgan fingerprint density at radius 1 is 0.725 bits per heavy atom. The molecule has 69 heavy (non-hydrogen) atoms. The van der Waals surface area contributed by atoms with E-state index in [0.717, 1.165) is 51.1 Å². The van der Waals surface area contributed by atoms with Gasteiger partial charge in [-0.05, 0) is 78.1 Å². The molecule has 4 unspecified atom stereocenters. The van der Waals surface area contributed by atoms with Gasteiger partial charge in [-0.3, -0.25) is 14.5 Å². The van der Waals surface area contributed by atoms with Gasteiger partial charge in [0.05, 0.1) is 40.2 Å². The number of nitrogens with one attached hydrogen (secondary N) is 3. The SMILES string of the molecule is C=CC(=C\C=C/C)/C(N)=C/C(N)c1ccccc1.CC/C=C\C=C(/N)n1c2ccccc2c2c3c(ccc21)c1ccccc1n3C1=CC=CC(C2NC(c3ccccc3)=CC(c3ccccc3)N2)N1. The van der Waals surface area contributed by atoms with Gasteiger partial charge in [-0.1, -0.05) is 196 Å². The fourth-order valence-electron chi connectivity index (χ4n) is 9.33. The van der Waals surface area contributed by atoms with Crippen molar-refractivity contribution in [1.82, 2.24) is 25.1 Å². The van der Waals surface area contributed by atoms with E-state index in [2.05, 4.69) is 190 Å². The molecule has 344 valence electrons. The van der Waals surface area contributed by atoms with Crippen LogP contribution in [0.4, 0.5) is 0 Å². The van der Waals surface area contributed by atoms with Crippen LogP contribution in [0, 0.1) is 0 Å². The lowest BCUT2D eigenvalue weighted by Crippen LogP contribution is -2.57. The van der Waals surface area contributed by atoms with E-state index < -0.39 is 0 Å². The maximum Gasteiger partial charge on any atom is 0.111 e. The third-order valence-corrected chi connectivity index (χ3v) is 12.7. The Balaban J connectivity index is 0.000000280. The monoisotopic (exact) mass is 904 g/mol. The van der Waals surface area contributed by atoms with Crippen molar-refractivity contribution < 1.29 is 0 Å². The quantitative estimate of drug-likeness (QED) is 0.0679. The first-order valence-corrected chi connectivity index (χ1v) is 23.7. The van der Waals surface area contributed by atoms with Crippen molar-refractivity contribution in [3.05, 3.63) is 259 Å². The largest absolute Gasteiger partial charge is 0.398 e. The van der Waals surface area contributed by atoms with Crippen molar-refractivity contribution in [2.24, 2.45) is 17.2 Å². The summed E-state index contributed by atoms with van der Waals surface area (Å²) >= 11 is 0. The molecule has 8 nitrogen and oxygen atoms in total. The van der Waals surface area contributed by atoms with Crippen LogP contribution < -0.4 is 33.2 Å². The molecule has 2 aliphatic heterocycles. The standard InChI is InChI=1S/C45H40N6.C16H20N2/c1-2-3-6-25-41(46)50-39-24-14-12-21-34(39)43-40(50)28-27-33-32-20-11-13-23-38(32)51(44(33)43)42-26-15-22-35(47-42)45-48-36(30-16-7-4-8-17-30)29-37(49-45)31-18-9-5-10-19-31;1-3-5-9-13(4-2)15(17)12-16(18)14-10-7-6-8-11-14/h3-29,35-36,45,47-49H,2,46H2,1H3;3-12,16H,2,17-18H2,1H3/b6-3-,41-25+;5-3-,13-9+,15-12-. The van der Waals surface area contributed by atoms with Gasteiger partial charge in [-0.15, -0.1) is 0 Å². The highest BCUT2D eigenvalue weighted by Gasteiger charge is 2.30. The second-order valence-corrected chi connectivity index (χ2v) is 17.1. The Hall–Kier alpha value is -8.30. The minimum Gasteiger partial charge on any atom is -0.398 e. The van der Waals surface area contributed by atoms with Crippen molar-refractivity contribution >= 4 is 61.0 Å². The van der Waals surface area contributed by atoms with E-state index in [1.165, 1.54) is 32.7 Å². The van der Waals surface area contributed by atoms with Gasteiger partial charge in [0.2, 0.25) is 0 Å². The number of nitrogens with zero attached hydrogens (tertiary/aromatic N) is 2. The van der Waals surface area contributed by atoms with E-state index in [1.807, 2.05) is 73.7 Å². The smallest absolute Gasteiger partial charge is 0.111 e. The summed E-state index contributed by atoms with van der Waals surface area (Å²) in [5, 5.41) is 16.5. The van der Waals surface area contributed by atoms with Crippen LogP contribution in [0.2, 0.25) is 0 Å². The maximum atomic E-state index is 6.83. The van der Waals surface area contributed by atoms with Crippen molar-refractivity contribution in [3.8, 4) is 0 Å². The van der Waals surface area contributed by atoms with Crippen molar-refractivity contribution in [2.75, 3.05) is 0 Å². The number of fused-ring (bicyclic) bond motifs is 7. The van der Waals surface area contributed by atoms with Crippen molar-refractivity contribution in [3.63, 3.8) is 0 Å². The molecule has 0 radical (unpaired) electrons. The summed E-state index contributed by atoms with van der Waals surface area (Å²) < 4.78 is 4.59. The van der Waals surface area contributed by atoms with E-state index in [1.54, 1.807) is 6.08 Å². The van der Waals surface area contributed by atoms with E-state index in [9.17, 15) is 0 Å². The average molecular weight is 905 g/mol. The van der Waals surface area contributed by atoms with Gasteiger partial charge in [-0.25, -0.2) is 0 Å². The summed E-state index contributed by atoms with van der Waals surface area (Å²) in [6, 6.07) is 52.7. The van der Waals surface area contributed by atoms with E-state index in [-0.39, 0.29) is 24.3 Å². The summed E-state index contributed by atoms with van der Waals surface area (Å²) in [5.74, 6) is 1.71. The van der Waals surface area contributed by atoms with Crippen LogP contribution >= 0.6 is 0 Å². The fraction of sp³-hybridized carbons (Fsp3) is 0.115. The average Bonchev–Trinajstić information content (AvgIpc) is 3.93. The van der Waals surface area contributed by atoms with Gasteiger partial charge in [0, 0.05) is 32.9 Å². The second-order valence-electron chi connectivity index (χ2n) is 17.1. The number of allylic oxidation sites excluding steroid dienone is 9. The van der Waals surface area contributed by atoms with Gasteiger partial charge < -0.3 is 27.8 Å². The predicted molar refractivity (Wildman–Crippen MR) is 293 cm³/mol. The van der Waals surface area contributed by atoms with Gasteiger partial charge in [0.1, 0.15) is 17.8 Å². The van der Waals surface area contributed by atoms with Gasteiger partial charge in [0.25, 0.3) is 0 Å². The number of nitrogens with two attached hydrogens (primary N) is 3. The highest BCUT2D eigenvalue weighted by molar-refractivity contribution is 6.26. The highest BCUT2D eigenvalue weighted by Crippen LogP contribution is 2.41. The van der Waals surface area contributed by atoms with Crippen LogP contribution in [-0.4, -0.2) is 21.3 Å².